The summed E-state index contributed by atoms with van der Waals surface area (Å²) >= 11 is 1.88. The summed E-state index contributed by atoms with van der Waals surface area (Å²) in [6.45, 7) is 2.14. The van der Waals surface area contributed by atoms with Gasteiger partial charge in [-0.25, -0.2) is 0 Å². The monoisotopic (exact) mass is 200 g/mol. The quantitative estimate of drug-likeness (QED) is 0.538. The van der Waals surface area contributed by atoms with Gasteiger partial charge in [0.25, 0.3) is 0 Å². The van der Waals surface area contributed by atoms with Gasteiger partial charge in [0.15, 0.2) is 0 Å². The summed E-state index contributed by atoms with van der Waals surface area (Å²) in [6.07, 6.45) is 2.55. The number of nitrogens with two attached hydrogens (primary N) is 1. The molecule has 13 heavy (non-hydrogen) atoms. The van der Waals surface area contributed by atoms with Crippen molar-refractivity contribution in [1.29, 1.82) is 0 Å². The minimum atomic E-state index is 0.302. The lowest BCUT2D eigenvalue weighted by Crippen LogP contribution is -2.38. The van der Waals surface area contributed by atoms with Gasteiger partial charge < -0.3 is 4.42 Å². The number of nitrogens with one attached hydrogen (secondary N) is 1. The van der Waals surface area contributed by atoms with Crippen LogP contribution in [0, 0.1) is 0 Å². The Balaban J connectivity index is 2.31. The fourth-order valence-electron chi connectivity index (χ4n) is 1.10. The Labute approximate surface area is 83.0 Å². The second-order valence-electron chi connectivity index (χ2n) is 2.81. The highest BCUT2D eigenvalue weighted by molar-refractivity contribution is 7.99. The molecule has 1 atom stereocenters. The summed E-state index contributed by atoms with van der Waals surface area (Å²) in [7, 11) is 0. The summed E-state index contributed by atoms with van der Waals surface area (Å²) in [5.74, 6) is 8.55. The molecule has 0 aliphatic rings. The molecule has 0 radical (unpaired) electrons. The Hall–Kier alpha value is -0.450. The summed E-state index contributed by atoms with van der Waals surface area (Å²) in [4.78, 5) is 0. The third-order valence-electron chi connectivity index (χ3n) is 1.79. The van der Waals surface area contributed by atoms with Gasteiger partial charge in [-0.1, -0.05) is 6.92 Å². The topological polar surface area (TPSA) is 51.2 Å². The number of furan rings is 1. The minimum absolute atomic E-state index is 0.302. The second-order valence-corrected chi connectivity index (χ2v) is 4.13. The summed E-state index contributed by atoms with van der Waals surface area (Å²) in [6, 6.07) is 4.17. The van der Waals surface area contributed by atoms with E-state index in [9.17, 15) is 0 Å². The average Bonchev–Trinajstić information content (AvgIpc) is 2.64. The van der Waals surface area contributed by atoms with E-state index < -0.39 is 0 Å². The number of hydrogen-bond donors (Lipinski definition) is 2. The maximum Gasteiger partial charge on any atom is 0.105 e. The van der Waals surface area contributed by atoms with Crippen LogP contribution in [0.15, 0.2) is 22.8 Å². The molecule has 1 unspecified atom stereocenters. The number of hydrazine groups is 1. The Morgan fingerprint density at radius 1 is 1.69 bits per heavy atom. The van der Waals surface area contributed by atoms with E-state index in [-0.39, 0.29) is 0 Å². The van der Waals surface area contributed by atoms with Gasteiger partial charge in [0, 0.05) is 18.2 Å². The van der Waals surface area contributed by atoms with E-state index in [2.05, 4.69) is 12.3 Å². The van der Waals surface area contributed by atoms with Crippen LogP contribution < -0.4 is 11.3 Å². The van der Waals surface area contributed by atoms with Crippen molar-refractivity contribution in [2.24, 2.45) is 5.84 Å². The van der Waals surface area contributed by atoms with Crippen LogP contribution in [0.4, 0.5) is 0 Å². The molecular formula is C9H16N2OS. The van der Waals surface area contributed by atoms with Crippen molar-refractivity contribution in [3.05, 3.63) is 24.2 Å². The fourth-order valence-corrected chi connectivity index (χ4v) is 1.83. The van der Waals surface area contributed by atoms with E-state index in [1.165, 1.54) is 0 Å². The lowest BCUT2D eigenvalue weighted by molar-refractivity contribution is 0.465. The number of hydrogen-bond acceptors (Lipinski definition) is 4. The van der Waals surface area contributed by atoms with Crippen molar-refractivity contribution in [3.63, 3.8) is 0 Å². The molecule has 0 amide bonds. The van der Waals surface area contributed by atoms with Crippen molar-refractivity contribution in [1.82, 2.24) is 5.43 Å². The van der Waals surface area contributed by atoms with Crippen LogP contribution in [0.3, 0.4) is 0 Å². The number of rotatable bonds is 6. The van der Waals surface area contributed by atoms with E-state index in [0.29, 0.717) is 6.04 Å². The predicted molar refractivity (Wildman–Crippen MR) is 56.5 cm³/mol. The molecule has 0 spiro atoms. The first-order chi connectivity index (χ1) is 6.36. The molecular weight excluding hydrogens is 184 g/mol. The zero-order chi connectivity index (χ0) is 9.52. The van der Waals surface area contributed by atoms with Crippen LogP contribution in [-0.4, -0.2) is 17.5 Å². The largest absolute Gasteiger partial charge is 0.469 e. The maximum atomic E-state index is 5.43. The third-order valence-corrected chi connectivity index (χ3v) is 2.83. The van der Waals surface area contributed by atoms with E-state index in [1.807, 2.05) is 23.9 Å². The highest BCUT2D eigenvalue weighted by Gasteiger charge is 2.08. The highest BCUT2D eigenvalue weighted by Crippen LogP contribution is 2.08. The van der Waals surface area contributed by atoms with Gasteiger partial charge in [0.1, 0.15) is 5.76 Å². The van der Waals surface area contributed by atoms with Gasteiger partial charge in [0.05, 0.1) is 6.26 Å². The molecule has 0 aliphatic heterocycles. The van der Waals surface area contributed by atoms with E-state index in [4.69, 9.17) is 10.3 Å². The molecule has 0 saturated heterocycles. The van der Waals surface area contributed by atoms with E-state index in [0.717, 1.165) is 23.7 Å². The molecule has 0 fully saturated rings. The van der Waals surface area contributed by atoms with E-state index in [1.54, 1.807) is 6.26 Å². The normalized spacial score (nSPS) is 13.1. The van der Waals surface area contributed by atoms with Crippen molar-refractivity contribution >= 4 is 11.8 Å². The summed E-state index contributed by atoms with van der Waals surface area (Å²) < 4.78 is 5.24. The molecule has 0 bridgehead atoms. The lowest BCUT2D eigenvalue weighted by Gasteiger charge is -2.12. The van der Waals surface area contributed by atoms with Crippen molar-refractivity contribution < 1.29 is 4.42 Å². The summed E-state index contributed by atoms with van der Waals surface area (Å²) in [5, 5.41) is 0. The zero-order valence-electron chi connectivity index (χ0n) is 7.82. The molecule has 1 aromatic rings. The first-order valence-corrected chi connectivity index (χ1v) is 5.58. The van der Waals surface area contributed by atoms with Gasteiger partial charge >= 0.3 is 0 Å². The fraction of sp³-hybridized carbons (Fsp3) is 0.556. The zero-order valence-corrected chi connectivity index (χ0v) is 8.64. The Morgan fingerprint density at radius 3 is 3.08 bits per heavy atom. The van der Waals surface area contributed by atoms with Crippen LogP contribution in [-0.2, 0) is 6.42 Å². The minimum Gasteiger partial charge on any atom is -0.469 e. The first-order valence-electron chi connectivity index (χ1n) is 4.43. The van der Waals surface area contributed by atoms with Gasteiger partial charge in [-0.2, -0.15) is 11.8 Å². The van der Waals surface area contributed by atoms with Gasteiger partial charge in [-0.15, -0.1) is 0 Å². The SMILES string of the molecule is CCSCC(Cc1ccco1)NN. The van der Waals surface area contributed by atoms with Gasteiger partial charge in [-0.3, -0.25) is 11.3 Å². The molecule has 0 saturated carbocycles. The standard InChI is InChI=1S/C9H16N2OS/c1-2-13-7-8(11-10)6-9-4-3-5-12-9/h3-5,8,11H,2,6-7,10H2,1H3. The first kappa shape index (κ1) is 10.6. The Kier molecular flexibility index (Phi) is 4.97. The Morgan fingerprint density at radius 2 is 2.54 bits per heavy atom. The van der Waals surface area contributed by atoms with Crippen molar-refractivity contribution in [2.75, 3.05) is 11.5 Å². The summed E-state index contributed by atoms with van der Waals surface area (Å²) in [5.41, 5.74) is 2.79. The molecule has 0 aromatic carbocycles. The van der Waals surface area contributed by atoms with Gasteiger partial charge in [0.2, 0.25) is 0 Å². The van der Waals surface area contributed by atoms with Crippen molar-refractivity contribution in [3.8, 4) is 0 Å². The molecule has 3 N–H and O–H groups in total. The second kappa shape index (κ2) is 6.07. The number of thioether (sulfide) groups is 1. The highest BCUT2D eigenvalue weighted by atomic mass is 32.2. The molecule has 1 rings (SSSR count). The Bertz CT molecular complexity index is 213. The maximum absolute atomic E-state index is 5.43. The van der Waals surface area contributed by atoms with Crippen LogP contribution in [0.1, 0.15) is 12.7 Å². The molecule has 74 valence electrons. The molecule has 1 heterocycles. The predicted octanol–water partition coefficient (Wildman–Crippen LogP) is 1.41. The van der Waals surface area contributed by atoms with Crippen molar-refractivity contribution in [2.45, 2.75) is 19.4 Å². The van der Waals surface area contributed by atoms with E-state index >= 15 is 0 Å². The smallest absolute Gasteiger partial charge is 0.105 e. The van der Waals surface area contributed by atoms with Crippen LogP contribution in [0.25, 0.3) is 0 Å². The molecule has 0 aliphatic carbocycles. The molecule has 1 aromatic heterocycles. The van der Waals surface area contributed by atoms with Crippen LogP contribution >= 0.6 is 11.8 Å². The third kappa shape index (κ3) is 3.85. The van der Waals surface area contributed by atoms with Crippen LogP contribution in [0.5, 0.6) is 0 Å². The average molecular weight is 200 g/mol. The molecule has 4 heteroatoms. The lowest BCUT2D eigenvalue weighted by atomic mass is 10.2. The molecule has 3 nitrogen and oxygen atoms in total. The van der Waals surface area contributed by atoms with Gasteiger partial charge in [-0.05, 0) is 17.9 Å². The van der Waals surface area contributed by atoms with Crippen LogP contribution in [0.2, 0.25) is 0 Å².